The second kappa shape index (κ2) is 5.63. The third kappa shape index (κ3) is 2.62. The summed E-state index contributed by atoms with van der Waals surface area (Å²) in [5, 5.41) is 12.1. The van der Waals surface area contributed by atoms with Crippen LogP contribution >= 0.6 is 0 Å². The molecule has 2 aliphatic rings. The van der Waals surface area contributed by atoms with Crippen LogP contribution in [0.1, 0.15) is 19.8 Å². The highest BCUT2D eigenvalue weighted by Gasteiger charge is 2.46. The van der Waals surface area contributed by atoms with E-state index in [-0.39, 0.29) is 23.7 Å². The molecule has 2 amide bonds. The molecule has 1 aliphatic heterocycles. The standard InChI is InChI=1S/C13H20N2O3/c1-9(16)8-14-6-7-15-12(17)10-4-2-3-5-11(10)13(15)18/h2-3,9-11,14,16H,4-8H2,1H3/t9?,10-,11+. The van der Waals surface area contributed by atoms with Crippen LogP contribution in [-0.4, -0.2) is 47.6 Å². The quantitative estimate of drug-likeness (QED) is 0.407. The molecule has 0 saturated carbocycles. The average Bonchev–Trinajstić information content (AvgIpc) is 2.59. The molecule has 0 bridgehead atoms. The molecule has 0 aromatic heterocycles. The van der Waals surface area contributed by atoms with Gasteiger partial charge in [0.2, 0.25) is 11.8 Å². The number of amides is 2. The molecule has 18 heavy (non-hydrogen) atoms. The Morgan fingerprint density at radius 2 is 1.89 bits per heavy atom. The van der Waals surface area contributed by atoms with Crippen LogP contribution in [-0.2, 0) is 9.59 Å². The van der Waals surface area contributed by atoms with Crippen LogP contribution in [0.2, 0.25) is 0 Å². The summed E-state index contributed by atoms with van der Waals surface area (Å²) in [6.45, 7) is 3.11. The minimum atomic E-state index is -0.415. The second-order valence-corrected chi connectivity index (χ2v) is 5.04. The maximum Gasteiger partial charge on any atom is 0.233 e. The number of nitrogens with zero attached hydrogens (tertiary/aromatic N) is 1. The van der Waals surface area contributed by atoms with E-state index in [1.807, 2.05) is 12.2 Å². The van der Waals surface area contributed by atoms with Crippen molar-refractivity contribution in [3.63, 3.8) is 0 Å². The minimum absolute atomic E-state index is 0.0341. The minimum Gasteiger partial charge on any atom is -0.392 e. The number of likely N-dealkylation sites (tertiary alicyclic amines) is 1. The number of fused-ring (bicyclic) bond motifs is 1. The number of hydrogen-bond acceptors (Lipinski definition) is 4. The Morgan fingerprint density at radius 1 is 1.33 bits per heavy atom. The zero-order chi connectivity index (χ0) is 13.1. The predicted molar refractivity (Wildman–Crippen MR) is 66.6 cm³/mol. The van der Waals surface area contributed by atoms with Gasteiger partial charge in [0, 0.05) is 19.6 Å². The van der Waals surface area contributed by atoms with Crippen LogP contribution in [0.15, 0.2) is 12.2 Å². The maximum atomic E-state index is 12.1. The Kier molecular flexibility index (Phi) is 4.14. The molecule has 1 heterocycles. The highest BCUT2D eigenvalue weighted by Crippen LogP contribution is 2.34. The summed E-state index contributed by atoms with van der Waals surface area (Å²) >= 11 is 0. The Morgan fingerprint density at radius 3 is 2.39 bits per heavy atom. The van der Waals surface area contributed by atoms with Crippen LogP contribution in [0.3, 0.4) is 0 Å². The second-order valence-electron chi connectivity index (χ2n) is 5.04. The Bertz CT molecular complexity index is 339. The maximum absolute atomic E-state index is 12.1. The highest BCUT2D eigenvalue weighted by molar-refractivity contribution is 6.05. The number of hydrogen-bond donors (Lipinski definition) is 2. The van der Waals surface area contributed by atoms with Gasteiger partial charge in [0.05, 0.1) is 17.9 Å². The van der Waals surface area contributed by atoms with Gasteiger partial charge in [0.25, 0.3) is 0 Å². The largest absolute Gasteiger partial charge is 0.392 e. The first-order chi connectivity index (χ1) is 8.61. The summed E-state index contributed by atoms with van der Waals surface area (Å²) in [6, 6.07) is 0. The summed E-state index contributed by atoms with van der Waals surface area (Å²) < 4.78 is 0. The monoisotopic (exact) mass is 252 g/mol. The number of carbonyl (C=O) groups is 2. The molecule has 1 fully saturated rings. The van der Waals surface area contributed by atoms with E-state index in [0.29, 0.717) is 32.5 Å². The molecule has 2 N–H and O–H groups in total. The Labute approximate surface area is 107 Å². The van der Waals surface area contributed by atoms with Gasteiger partial charge in [-0.25, -0.2) is 0 Å². The first-order valence-corrected chi connectivity index (χ1v) is 6.50. The van der Waals surface area contributed by atoms with E-state index in [0.717, 1.165) is 0 Å². The Hall–Kier alpha value is -1.20. The van der Waals surface area contributed by atoms with E-state index in [2.05, 4.69) is 5.32 Å². The van der Waals surface area contributed by atoms with E-state index >= 15 is 0 Å². The van der Waals surface area contributed by atoms with Gasteiger partial charge in [0.15, 0.2) is 0 Å². The van der Waals surface area contributed by atoms with Crippen molar-refractivity contribution in [2.24, 2.45) is 11.8 Å². The van der Waals surface area contributed by atoms with Gasteiger partial charge in [-0.05, 0) is 19.8 Å². The van der Waals surface area contributed by atoms with Gasteiger partial charge >= 0.3 is 0 Å². The fourth-order valence-electron chi connectivity index (χ4n) is 2.59. The summed E-state index contributed by atoms with van der Waals surface area (Å²) in [5.74, 6) is -0.347. The fourth-order valence-corrected chi connectivity index (χ4v) is 2.59. The van der Waals surface area contributed by atoms with E-state index in [4.69, 9.17) is 5.11 Å². The van der Waals surface area contributed by atoms with Gasteiger partial charge < -0.3 is 10.4 Å². The van der Waals surface area contributed by atoms with Crippen molar-refractivity contribution >= 4 is 11.8 Å². The van der Waals surface area contributed by atoms with Crippen molar-refractivity contribution in [2.75, 3.05) is 19.6 Å². The van der Waals surface area contributed by atoms with Gasteiger partial charge in [0.1, 0.15) is 0 Å². The zero-order valence-corrected chi connectivity index (χ0v) is 10.6. The van der Waals surface area contributed by atoms with Crippen molar-refractivity contribution < 1.29 is 14.7 Å². The molecule has 1 unspecified atom stereocenters. The van der Waals surface area contributed by atoms with Crippen LogP contribution in [0.4, 0.5) is 0 Å². The third-order valence-electron chi connectivity index (χ3n) is 3.55. The smallest absolute Gasteiger partial charge is 0.233 e. The van der Waals surface area contributed by atoms with Gasteiger partial charge in [-0.2, -0.15) is 0 Å². The molecule has 5 nitrogen and oxygen atoms in total. The van der Waals surface area contributed by atoms with Crippen molar-refractivity contribution in [2.45, 2.75) is 25.9 Å². The predicted octanol–water partition coefficient (Wildman–Crippen LogP) is -0.0920. The fraction of sp³-hybridized carbons (Fsp3) is 0.692. The summed E-state index contributed by atoms with van der Waals surface area (Å²) in [7, 11) is 0. The van der Waals surface area contributed by atoms with Crippen molar-refractivity contribution in [3.05, 3.63) is 12.2 Å². The van der Waals surface area contributed by atoms with Crippen molar-refractivity contribution in [3.8, 4) is 0 Å². The van der Waals surface area contributed by atoms with Crippen LogP contribution in [0, 0.1) is 11.8 Å². The lowest BCUT2D eigenvalue weighted by Gasteiger charge is -2.15. The summed E-state index contributed by atoms with van der Waals surface area (Å²) in [4.78, 5) is 25.5. The lowest BCUT2D eigenvalue weighted by molar-refractivity contribution is -0.139. The highest BCUT2D eigenvalue weighted by atomic mass is 16.3. The number of aliphatic hydroxyl groups excluding tert-OH is 1. The molecule has 1 aliphatic carbocycles. The molecule has 5 heteroatoms. The van der Waals surface area contributed by atoms with Gasteiger partial charge in [-0.3, -0.25) is 14.5 Å². The normalized spacial score (nSPS) is 28.7. The first kappa shape index (κ1) is 13.2. The average molecular weight is 252 g/mol. The van der Waals surface area contributed by atoms with Gasteiger partial charge in [-0.15, -0.1) is 0 Å². The molecule has 0 aromatic carbocycles. The molecular weight excluding hydrogens is 232 g/mol. The molecule has 1 saturated heterocycles. The van der Waals surface area contributed by atoms with E-state index < -0.39 is 6.10 Å². The number of imide groups is 1. The zero-order valence-electron chi connectivity index (χ0n) is 10.6. The van der Waals surface area contributed by atoms with Crippen LogP contribution < -0.4 is 5.32 Å². The van der Waals surface area contributed by atoms with E-state index in [1.54, 1.807) is 6.92 Å². The number of aliphatic hydroxyl groups is 1. The molecule has 0 radical (unpaired) electrons. The molecule has 3 atom stereocenters. The number of rotatable bonds is 5. The van der Waals surface area contributed by atoms with Crippen molar-refractivity contribution in [1.29, 1.82) is 0 Å². The van der Waals surface area contributed by atoms with Crippen molar-refractivity contribution in [1.82, 2.24) is 10.2 Å². The van der Waals surface area contributed by atoms with E-state index in [1.165, 1.54) is 4.90 Å². The lowest BCUT2D eigenvalue weighted by atomic mass is 9.85. The summed E-state index contributed by atoms with van der Waals surface area (Å²) in [5.41, 5.74) is 0. The number of nitrogens with one attached hydrogen (secondary N) is 1. The van der Waals surface area contributed by atoms with Crippen LogP contribution in [0.25, 0.3) is 0 Å². The first-order valence-electron chi connectivity index (χ1n) is 6.50. The molecule has 0 aromatic rings. The molecule has 0 spiro atoms. The number of allylic oxidation sites excluding steroid dienone is 2. The molecule has 100 valence electrons. The third-order valence-corrected chi connectivity index (χ3v) is 3.55. The molecular formula is C13H20N2O3. The molecule has 2 rings (SSSR count). The van der Waals surface area contributed by atoms with E-state index in [9.17, 15) is 9.59 Å². The van der Waals surface area contributed by atoms with Gasteiger partial charge in [-0.1, -0.05) is 12.2 Å². The summed E-state index contributed by atoms with van der Waals surface area (Å²) in [6.07, 6.45) is 4.93. The topological polar surface area (TPSA) is 69.6 Å². The SMILES string of the molecule is CC(O)CNCCN1C(=O)[C@H]2CC=CC[C@H]2C1=O. The Balaban J connectivity index is 1.86. The number of carbonyl (C=O) groups excluding carboxylic acids is 2. The lowest BCUT2D eigenvalue weighted by Crippen LogP contribution is -2.38. The van der Waals surface area contributed by atoms with Crippen LogP contribution in [0.5, 0.6) is 0 Å².